The summed E-state index contributed by atoms with van der Waals surface area (Å²) in [4.78, 5) is 21.2. The summed E-state index contributed by atoms with van der Waals surface area (Å²) >= 11 is 0. The molecule has 0 radical (unpaired) electrons. The van der Waals surface area contributed by atoms with Crippen molar-refractivity contribution < 1.29 is 19.3 Å². The molecule has 0 rings (SSSR count). The van der Waals surface area contributed by atoms with Crippen molar-refractivity contribution in [1.29, 1.82) is 0 Å². The Morgan fingerprint density at radius 2 is 1.93 bits per heavy atom. The molecule has 0 saturated heterocycles. The number of ether oxygens (including phenoxy) is 1. The summed E-state index contributed by atoms with van der Waals surface area (Å²) in [6.45, 7) is 9.38. The van der Waals surface area contributed by atoms with E-state index in [1.165, 1.54) is 0 Å². The van der Waals surface area contributed by atoms with Gasteiger partial charge in [-0.25, -0.2) is 4.89 Å². The molecule has 0 heterocycles. The van der Waals surface area contributed by atoms with Gasteiger partial charge in [-0.05, 0) is 26.7 Å². The Hall–Kier alpha value is -0.610. The van der Waals surface area contributed by atoms with Gasteiger partial charge >= 0.3 is 5.97 Å². The maximum atomic E-state index is 11.1. The number of carbonyl (C=O) groups is 1. The number of carbonyl (C=O) groups excluding carboxylic acids is 1. The Labute approximate surface area is 91.8 Å². The van der Waals surface area contributed by atoms with Crippen LogP contribution in [0.2, 0.25) is 0 Å². The summed E-state index contributed by atoms with van der Waals surface area (Å²) in [5.74, 6) is -0.261. The zero-order valence-corrected chi connectivity index (χ0v) is 10.3. The minimum atomic E-state index is -0.658. The fraction of sp³-hybridized carbons (Fsp3) is 0.909. The van der Waals surface area contributed by atoms with Crippen LogP contribution in [0.1, 0.15) is 53.9 Å². The third-order valence-corrected chi connectivity index (χ3v) is 2.01. The van der Waals surface area contributed by atoms with Crippen LogP contribution in [-0.2, 0) is 19.3 Å². The standard InChI is InChI=1S/C11H22O4/c1-6-8-10(12)13-9(3)14-15-11(4,5)7-2/h9H,6-8H2,1-5H3. The summed E-state index contributed by atoms with van der Waals surface area (Å²) in [6.07, 6.45) is 1.34. The Bertz CT molecular complexity index is 189. The molecule has 0 N–H and O–H groups in total. The topological polar surface area (TPSA) is 44.8 Å². The van der Waals surface area contributed by atoms with Crippen molar-refractivity contribution in [3.63, 3.8) is 0 Å². The third kappa shape index (κ3) is 7.33. The van der Waals surface area contributed by atoms with E-state index in [1.807, 2.05) is 27.7 Å². The van der Waals surface area contributed by atoms with Gasteiger partial charge in [-0.2, -0.15) is 4.89 Å². The molecule has 0 aliphatic heterocycles. The van der Waals surface area contributed by atoms with Crippen LogP contribution in [-0.4, -0.2) is 17.9 Å². The highest BCUT2D eigenvalue weighted by atomic mass is 17.2. The molecule has 0 aliphatic carbocycles. The van der Waals surface area contributed by atoms with E-state index in [9.17, 15) is 4.79 Å². The lowest BCUT2D eigenvalue weighted by molar-refractivity contribution is -0.408. The molecule has 0 fully saturated rings. The summed E-state index contributed by atoms with van der Waals surface area (Å²) in [6, 6.07) is 0. The van der Waals surface area contributed by atoms with Gasteiger partial charge in [0.15, 0.2) is 0 Å². The SMILES string of the molecule is CCCC(=O)OC(C)OOC(C)(C)CC. The molecule has 90 valence electrons. The Morgan fingerprint density at radius 1 is 1.33 bits per heavy atom. The molecule has 15 heavy (non-hydrogen) atoms. The minimum Gasteiger partial charge on any atom is -0.433 e. The van der Waals surface area contributed by atoms with Crippen LogP contribution in [0, 0.1) is 0 Å². The average molecular weight is 218 g/mol. The largest absolute Gasteiger partial charge is 0.433 e. The van der Waals surface area contributed by atoms with Crippen LogP contribution < -0.4 is 0 Å². The van der Waals surface area contributed by atoms with Crippen molar-refractivity contribution in [1.82, 2.24) is 0 Å². The second-order valence-corrected chi connectivity index (χ2v) is 4.10. The van der Waals surface area contributed by atoms with Gasteiger partial charge < -0.3 is 4.74 Å². The maximum Gasteiger partial charge on any atom is 0.308 e. The van der Waals surface area contributed by atoms with Crippen LogP contribution >= 0.6 is 0 Å². The normalized spacial score (nSPS) is 13.7. The smallest absolute Gasteiger partial charge is 0.308 e. The number of hydrogen-bond acceptors (Lipinski definition) is 4. The first kappa shape index (κ1) is 14.4. The van der Waals surface area contributed by atoms with E-state index >= 15 is 0 Å². The summed E-state index contributed by atoms with van der Waals surface area (Å²) in [5.41, 5.74) is -0.356. The van der Waals surface area contributed by atoms with Crippen molar-refractivity contribution in [2.75, 3.05) is 0 Å². The van der Waals surface area contributed by atoms with Crippen LogP contribution in [0.3, 0.4) is 0 Å². The first-order valence-electron chi connectivity index (χ1n) is 5.45. The number of hydrogen-bond donors (Lipinski definition) is 0. The Morgan fingerprint density at radius 3 is 2.40 bits per heavy atom. The first-order valence-corrected chi connectivity index (χ1v) is 5.45. The van der Waals surface area contributed by atoms with Crippen molar-refractivity contribution in [2.45, 2.75) is 65.8 Å². The fourth-order valence-electron chi connectivity index (χ4n) is 0.725. The van der Waals surface area contributed by atoms with E-state index in [4.69, 9.17) is 14.5 Å². The summed E-state index contributed by atoms with van der Waals surface area (Å²) in [5, 5.41) is 0. The quantitative estimate of drug-likeness (QED) is 0.285. The zero-order valence-electron chi connectivity index (χ0n) is 10.3. The lowest BCUT2D eigenvalue weighted by Gasteiger charge is -2.23. The highest BCUT2D eigenvalue weighted by Crippen LogP contribution is 2.15. The Kier molecular flexibility index (Phi) is 6.52. The van der Waals surface area contributed by atoms with Crippen molar-refractivity contribution in [3.05, 3.63) is 0 Å². The number of rotatable bonds is 7. The van der Waals surface area contributed by atoms with Crippen LogP contribution in [0.4, 0.5) is 0 Å². The molecule has 4 heteroatoms. The van der Waals surface area contributed by atoms with E-state index in [1.54, 1.807) is 6.92 Å². The van der Waals surface area contributed by atoms with Crippen LogP contribution in [0.15, 0.2) is 0 Å². The number of esters is 1. The predicted octanol–water partition coefficient (Wildman–Crippen LogP) is 2.81. The van der Waals surface area contributed by atoms with E-state index in [0.29, 0.717) is 6.42 Å². The van der Waals surface area contributed by atoms with Gasteiger partial charge in [0.05, 0.1) is 5.60 Å². The van der Waals surface area contributed by atoms with Gasteiger partial charge in [-0.15, -0.1) is 0 Å². The molecule has 0 spiro atoms. The molecule has 1 atom stereocenters. The van der Waals surface area contributed by atoms with Gasteiger partial charge in [-0.1, -0.05) is 13.8 Å². The zero-order chi connectivity index (χ0) is 11.9. The molecule has 4 nitrogen and oxygen atoms in total. The van der Waals surface area contributed by atoms with E-state index in [-0.39, 0.29) is 11.6 Å². The molecule has 0 aromatic carbocycles. The molecule has 0 aromatic rings. The predicted molar refractivity (Wildman–Crippen MR) is 57.0 cm³/mol. The van der Waals surface area contributed by atoms with Gasteiger partial charge in [0.2, 0.25) is 6.29 Å². The second-order valence-electron chi connectivity index (χ2n) is 4.10. The highest BCUT2D eigenvalue weighted by Gasteiger charge is 2.19. The van der Waals surface area contributed by atoms with Crippen molar-refractivity contribution >= 4 is 5.97 Å². The molecule has 0 amide bonds. The summed E-state index contributed by atoms with van der Waals surface area (Å²) in [7, 11) is 0. The molecule has 0 saturated carbocycles. The van der Waals surface area contributed by atoms with Crippen LogP contribution in [0.5, 0.6) is 0 Å². The average Bonchev–Trinajstić information content (AvgIpc) is 2.15. The van der Waals surface area contributed by atoms with Crippen LogP contribution in [0.25, 0.3) is 0 Å². The molecular formula is C11H22O4. The second kappa shape index (κ2) is 6.80. The maximum absolute atomic E-state index is 11.1. The van der Waals surface area contributed by atoms with E-state index in [0.717, 1.165) is 12.8 Å². The molecule has 0 bridgehead atoms. The van der Waals surface area contributed by atoms with Gasteiger partial charge in [-0.3, -0.25) is 4.79 Å². The molecule has 0 aliphatic rings. The van der Waals surface area contributed by atoms with Gasteiger partial charge in [0, 0.05) is 13.3 Å². The Balaban J connectivity index is 3.75. The summed E-state index contributed by atoms with van der Waals surface area (Å²) < 4.78 is 4.94. The van der Waals surface area contributed by atoms with E-state index < -0.39 is 6.29 Å². The van der Waals surface area contributed by atoms with Gasteiger partial charge in [0.25, 0.3) is 0 Å². The lowest BCUT2D eigenvalue weighted by Crippen LogP contribution is -2.28. The highest BCUT2D eigenvalue weighted by molar-refractivity contribution is 5.69. The first-order chi connectivity index (χ1) is 6.91. The lowest BCUT2D eigenvalue weighted by atomic mass is 10.1. The van der Waals surface area contributed by atoms with Crippen molar-refractivity contribution in [3.8, 4) is 0 Å². The molecule has 1 unspecified atom stereocenters. The van der Waals surface area contributed by atoms with E-state index in [2.05, 4.69) is 0 Å². The monoisotopic (exact) mass is 218 g/mol. The van der Waals surface area contributed by atoms with Gasteiger partial charge in [0.1, 0.15) is 0 Å². The third-order valence-electron chi connectivity index (χ3n) is 2.01. The minimum absolute atomic E-state index is 0.261. The molecule has 0 aromatic heterocycles. The fourth-order valence-corrected chi connectivity index (χ4v) is 0.725. The molecular weight excluding hydrogens is 196 g/mol. The van der Waals surface area contributed by atoms with Crippen molar-refractivity contribution in [2.24, 2.45) is 0 Å².